The fourth-order valence-electron chi connectivity index (χ4n) is 2.57. The van der Waals surface area contributed by atoms with Crippen LogP contribution in [0.2, 0.25) is 5.02 Å². The molecule has 0 aromatic heterocycles. The molecule has 0 saturated carbocycles. The number of hydrogen-bond acceptors (Lipinski definition) is 5. The monoisotopic (exact) mass is 405 g/mol. The number of benzene rings is 2. The van der Waals surface area contributed by atoms with Crippen LogP contribution in [-0.4, -0.2) is 45.7 Å². The van der Waals surface area contributed by atoms with Crippen LogP contribution >= 0.6 is 11.6 Å². The molecule has 2 rings (SSSR count). The highest BCUT2D eigenvalue weighted by molar-refractivity contribution is 6.32. The number of halogens is 1. The Hall–Kier alpha value is -2.93. The predicted molar refractivity (Wildman–Crippen MR) is 109 cm³/mol. The molecule has 0 aliphatic heterocycles. The minimum Gasteiger partial charge on any atom is -0.493 e. The first-order valence-corrected chi connectivity index (χ1v) is 9.13. The Balaban J connectivity index is 1.91. The summed E-state index contributed by atoms with van der Waals surface area (Å²) in [6.45, 7) is 0.973. The first-order valence-electron chi connectivity index (χ1n) is 8.75. The first kappa shape index (κ1) is 21.4. The van der Waals surface area contributed by atoms with Crippen LogP contribution in [0, 0.1) is 0 Å². The summed E-state index contributed by atoms with van der Waals surface area (Å²) in [6, 6.07) is 13.0. The number of carbonyl (C=O) groups is 2. The number of nitrogens with two attached hydrogens (primary N) is 1. The van der Waals surface area contributed by atoms with E-state index in [9.17, 15) is 9.59 Å². The lowest BCUT2D eigenvalue weighted by Gasteiger charge is -2.19. The van der Waals surface area contributed by atoms with Crippen molar-refractivity contribution in [3.63, 3.8) is 0 Å². The van der Waals surface area contributed by atoms with Crippen LogP contribution in [0.25, 0.3) is 0 Å². The van der Waals surface area contributed by atoms with E-state index >= 15 is 0 Å². The van der Waals surface area contributed by atoms with Gasteiger partial charge in [-0.2, -0.15) is 0 Å². The summed E-state index contributed by atoms with van der Waals surface area (Å²) in [7, 11) is 3.43. The average molecular weight is 406 g/mol. The quantitative estimate of drug-likeness (QED) is 0.592. The molecule has 0 bridgehead atoms. The Bertz CT molecular complexity index is 815. The van der Waals surface area contributed by atoms with Crippen LogP contribution < -0.4 is 25.4 Å². The second-order valence-corrected chi connectivity index (χ2v) is 6.52. The van der Waals surface area contributed by atoms with Crippen LogP contribution in [-0.2, 0) is 4.79 Å². The van der Waals surface area contributed by atoms with Gasteiger partial charge in [0.2, 0.25) is 0 Å². The van der Waals surface area contributed by atoms with Gasteiger partial charge in [-0.05, 0) is 30.7 Å². The normalized spacial score (nSPS) is 10.2. The van der Waals surface area contributed by atoms with Crippen LogP contribution in [0.1, 0.15) is 16.8 Å². The Kier molecular flexibility index (Phi) is 7.95. The number of ether oxygens (including phenoxy) is 2. The predicted octanol–water partition coefficient (Wildman–Crippen LogP) is 2.47. The molecule has 2 amide bonds. The van der Waals surface area contributed by atoms with Gasteiger partial charge in [0.1, 0.15) is 0 Å². The summed E-state index contributed by atoms with van der Waals surface area (Å²) >= 11 is 6.17. The lowest BCUT2D eigenvalue weighted by atomic mass is 10.2. The molecule has 8 heteroatoms. The summed E-state index contributed by atoms with van der Waals surface area (Å²) in [5.74, 6) is -0.490. The van der Waals surface area contributed by atoms with Crippen molar-refractivity contribution >= 4 is 29.1 Å². The van der Waals surface area contributed by atoms with Crippen molar-refractivity contribution in [1.29, 1.82) is 0 Å². The van der Waals surface area contributed by atoms with Gasteiger partial charge in [0, 0.05) is 31.4 Å². The second-order valence-electron chi connectivity index (χ2n) is 6.11. The zero-order chi connectivity index (χ0) is 20.5. The van der Waals surface area contributed by atoms with Gasteiger partial charge in [-0.25, -0.2) is 0 Å². The van der Waals surface area contributed by atoms with Gasteiger partial charge in [0.15, 0.2) is 18.1 Å². The van der Waals surface area contributed by atoms with Crippen molar-refractivity contribution < 1.29 is 19.1 Å². The Morgan fingerprint density at radius 2 is 1.93 bits per heavy atom. The Morgan fingerprint density at radius 1 is 1.21 bits per heavy atom. The molecule has 2 aromatic carbocycles. The van der Waals surface area contributed by atoms with E-state index in [0.717, 1.165) is 18.7 Å². The number of amides is 2. The van der Waals surface area contributed by atoms with Crippen molar-refractivity contribution in [2.75, 3.05) is 38.8 Å². The fraction of sp³-hybridized carbons (Fsp3) is 0.300. The summed E-state index contributed by atoms with van der Waals surface area (Å²) in [5, 5.41) is 3.02. The SMILES string of the molecule is COc1cc(C(=O)NCCCN(C)c2ccccc2)cc(Cl)c1OCC(N)=O. The molecular formula is C20H24ClN3O4. The molecular weight excluding hydrogens is 382 g/mol. The molecule has 0 saturated heterocycles. The van der Waals surface area contributed by atoms with E-state index in [4.69, 9.17) is 26.8 Å². The maximum atomic E-state index is 12.4. The maximum absolute atomic E-state index is 12.4. The van der Waals surface area contributed by atoms with Crippen molar-refractivity contribution in [2.24, 2.45) is 5.73 Å². The molecule has 0 aliphatic rings. The molecule has 3 N–H and O–H groups in total. The third-order valence-corrected chi connectivity index (χ3v) is 4.28. The largest absolute Gasteiger partial charge is 0.493 e. The molecule has 0 radical (unpaired) electrons. The lowest BCUT2D eigenvalue weighted by Crippen LogP contribution is -2.28. The third-order valence-electron chi connectivity index (χ3n) is 4.00. The van der Waals surface area contributed by atoms with E-state index in [0.29, 0.717) is 12.1 Å². The summed E-state index contributed by atoms with van der Waals surface area (Å²) < 4.78 is 10.5. The molecule has 0 aliphatic carbocycles. The molecule has 0 unspecified atom stereocenters. The van der Waals surface area contributed by atoms with Crippen molar-refractivity contribution in [3.8, 4) is 11.5 Å². The van der Waals surface area contributed by atoms with Gasteiger partial charge in [-0.3, -0.25) is 9.59 Å². The number of carbonyl (C=O) groups excluding carboxylic acids is 2. The van der Waals surface area contributed by atoms with E-state index < -0.39 is 5.91 Å². The first-order chi connectivity index (χ1) is 13.4. The number of nitrogens with zero attached hydrogens (tertiary/aromatic N) is 1. The number of anilines is 1. The zero-order valence-corrected chi connectivity index (χ0v) is 16.7. The Morgan fingerprint density at radius 3 is 2.57 bits per heavy atom. The molecule has 0 heterocycles. The topological polar surface area (TPSA) is 93.9 Å². The third kappa shape index (κ3) is 6.06. The highest BCUT2D eigenvalue weighted by Crippen LogP contribution is 2.36. The highest BCUT2D eigenvalue weighted by atomic mass is 35.5. The molecule has 2 aromatic rings. The van der Waals surface area contributed by atoms with E-state index in [1.54, 1.807) is 0 Å². The number of nitrogens with one attached hydrogen (secondary N) is 1. The van der Waals surface area contributed by atoms with Crippen LogP contribution in [0.3, 0.4) is 0 Å². The minimum absolute atomic E-state index is 0.162. The molecule has 0 fully saturated rings. The zero-order valence-electron chi connectivity index (χ0n) is 15.9. The van der Waals surface area contributed by atoms with Crippen molar-refractivity contribution in [1.82, 2.24) is 5.32 Å². The van der Waals surface area contributed by atoms with Crippen LogP contribution in [0.4, 0.5) is 5.69 Å². The van der Waals surface area contributed by atoms with E-state index in [-0.39, 0.29) is 29.0 Å². The van der Waals surface area contributed by atoms with E-state index in [1.165, 1.54) is 19.2 Å². The summed E-state index contributed by atoms with van der Waals surface area (Å²) in [4.78, 5) is 25.4. The van der Waals surface area contributed by atoms with Crippen molar-refractivity contribution in [3.05, 3.63) is 53.1 Å². The summed E-state index contributed by atoms with van der Waals surface area (Å²) in [6.07, 6.45) is 0.780. The fourth-order valence-corrected chi connectivity index (χ4v) is 2.83. The molecule has 150 valence electrons. The number of methoxy groups -OCH3 is 1. The van der Waals surface area contributed by atoms with E-state index in [1.807, 2.05) is 37.4 Å². The number of rotatable bonds is 10. The second kappa shape index (κ2) is 10.4. The van der Waals surface area contributed by atoms with E-state index in [2.05, 4.69) is 10.2 Å². The van der Waals surface area contributed by atoms with Gasteiger partial charge < -0.3 is 25.4 Å². The van der Waals surface area contributed by atoms with Gasteiger partial charge in [-0.1, -0.05) is 29.8 Å². The molecule has 0 atom stereocenters. The van der Waals surface area contributed by atoms with Crippen LogP contribution in [0.5, 0.6) is 11.5 Å². The summed E-state index contributed by atoms with van der Waals surface area (Å²) in [5.41, 5.74) is 6.53. The van der Waals surface area contributed by atoms with Crippen molar-refractivity contribution in [2.45, 2.75) is 6.42 Å². The van der Waals surface area contributed by atoms with Crippen LogP contribution in [0.15, 0.2) is 42.5 Å². The molecule has 28 heavy (non-hydrogen) atoms. The molecule has 0 spiro atoms. The molecule has 7 nitrogen and oxygen atoms in total. The van der Waals surface area contributed by atoms with Gasteiger partial charge in [0.05, 0.1) is 12.1 Å². The number of primary amides is 1. The number of hydrogen-bond donors (Lipinski definition) is 2. The minimum atomic E-state index is -0.639. The van der Waals surface area contributed by atoms with Gasteiger partial charge in [-0.15, -0.1) is 0 Å². The average Bonchev–Trinajstić information content (AvgIpc) is 2.69. The standard InChI is InChI=1S/C20H24ClN3O4/c1-24(15-7-4-3-5-8-15)10-6-9-23-20(26)14-11-16(21)19(17(12-14)27-2)28-13-18(22)25/h3-5,7-8,11-12H,6,9-10,13H2,1-2H3,(H2,22,25)(H,23,26). The lowest BCUT2D eigenvalue weighted by molar-refractivity contribution is -0.119. The highest BCUT2D eigenvalue weighted by Gasteiger charge is 2.16. The number of para-hydroxylation sites is 1. The van der Waals surface area contributed by atoms with Gasteiger partial charge >= 0.3 is 0 Å². The smallest absolute Gasteiger partial charge is 0.255 e. The van der Waals surface area contributed by atoms with Gasteiger partial charge in [0.25, 0.3) is 11.8 Å². The maximum Gasteiger partial charge on any atom is 0.255 e. The Labute approximate surface area is 169 Å².